The standard InChI is InChI=1S/C13H11N5O/c14-6-11-12(18-10-4-2-1-3-5-10)9(8-17-15)7-16-13(11)19/h1-5,7-8H,15H2,(H2,16,18,19)/b17-8+. The number of para-hydroxylation sites is 1. The van der Waals surface area contributed by atoms with Gasteiger partial charge in [-0.1, -0.05) is 18.2 Å². The van der Waals surface area contributed by atoms with Crippen LogP contribution in [0.5, 0.6) is 0 Å². The van der Waals surface area contributed by atoms with Crippen molar-refractivity contribution < 1.29 is 0 Å². The van der Waals surface area contributed by atoms with E-state index in [4.69, 9.17) is 11.1 Å². The lowest BCUT2D eigenvalue weighted by molar-refractivity contribution is 1.20. The third kappa shape index (κ3) is 2.61. The van der Waals surface area contributed by atoms with Crippen LogP contribution in [0.15, 0.2) is 46.4 Å². The molecule has 0 fully saturated rings. The SMILES string of the molecule is N#Cc1c(Nc2ccccc2)c(/C=N/N)c[nH]c1=O. The maximum Gasteiger partial charge on any atom is 0.268 e. The number of pyridine rings is 1. The van der Waals surface area contributed by atoms with Crippen LogP contribution in [0.2, 0.25) is 0 Å². The minimum Gasteiger partial charge on any atom is -0.354 e. The molecule has 6 nitrogen and oxygen atoms in total. The topological polar surface area (TPSA) is 107 Å². The van der Waals surface area contributed by atoms with Gasteiger partial charge in [0.2, 0.25) is 0 Å². The Morgan fingerprint density at radius 2 is 2.11 bits per heavy atom. The molecule has 0 radical (unpaired) electrons. The second-order valence-electron chi connectivity index (χ2n) is 3.70. The first-order chi connectivity index (χ1) is 9.26. The fraction of sp³-hybridized carbons (Fsp3) is 0. The predicted octanol–water partition coefficient (Wildman–Crippen LogP) is 1.28. The zero-order chi connectivity index (χ0) is 13.7. The van der Waals surface area contributed by atoms with Crippen LogP contribution in [-0.2, 0) is 0 Å². The number of nitrogens with one attached hydrogen (secondary N) is 2. The van der Waals surface area contributed by atoms with Crippen molar-refractivity contribution in [1.82, 2.24) is 4.98 Å². The Bertz CT molecular complexity index is 697. The Balaban J connectivity index is 2.56. The van der Waals surface area contributed by atoms with Crippen molar-refractivity contribution >= 4 is 17.6 Å². The Morgan fingerprint density at radius 3 is 2.74 bits per heavy atom. The first-order valence-corrected chi connectivity index (χ1v) is 5.47. The molecular formula is C13H11N5O. The lowest BCUT2D eigenvalue weighted by Crippen LogP contribution is -2.14. The van der Waals surface area contributed by atoms with E-state index in [0.29, 0.717) is 11.3 Å². The molecule has 1 aromatic heterocycles. The fourth-order valence-electron chi connectivity index (χ4n) is 1.63. The van der Waals surface area contributed by atoms with E-state index in [9.17, 15) is 4.79 Å². The number of nitrogens with zero attached hydrogens (tertiary/aromatic N) is 2. The number of aromatic nitrogens is 1. The lowest BCUT2D eigenvalue weighted by atomic mass is 10.1. The summed E-state index contributed by atoms with van der Waals surface area (Å²) in [5, 5.41) is 15.5. The summed E-state index contributed by atoms with van der Waals surface area (Å²) in [6, 6.07) is 11.1. The van der Waals surface area contributed by atoms with Gasteiger partial charge in [0.15, 0.2) is 0 Å². The normalized spacial score (nSPS) is 10.3. The van der Waals surface area contributed by atoms with Crippen molar-refractivity contribution in [3.63, 3.8) is 0 Å². The highest BCUT2D eigenvalue weighted by Gasteiger charge is 2.11. The number of aromatic amines is 1. The van der Waals surface area contributed by atoms with Crippen molar-refractivity contribution in [2.45, 2.75) is 0 Å². The smallest absolute Gasteiger partial charge is 0.268 e. The molecule has 0 aliphatic carbocycles. The minimum absolute atomic E-state index is 0.0127. The second kappa shape index (κ2) is 5.51. The van der Waals surface area contributed by atoms with Gasteiger partial charge in [0.1, 0.15) is 11.6 Å². The molecule has 0 aliphatic rings. The van der Waals surface area contributed by atoms with E-state index in [1.807, 2.05) is 36.4 Å². The second-order valence-corrected chi connectivity index (χ2v) is 3.70. The van der Waals surface area contributed by atoms with Gasteiger partial charge in [0.25, 0.3) is 5.56 Å². The highest BCUT2D eigenvalue weighted by Crippen LogP contribution is 2.20. The van der Waals surface area contributed by atoms with Gasteiger partial charge in [0, 0.05) is 17.4 Å². The number of rotatable bonds is 3. The van der Waals surface area contributed by atoms with Gasteiger partial charge >= 0.3 is 0 Å². The van der Waals surface area contributed by atoms with Crippen LogP contribution in [0.3, 0.4) is 0 Å². The van der Waals surface area contributed by atoms with Gasteiger partial charge < -0.3 is 16.1 Å². The molecule has 4 N–H and O–H groups in total. The Labute approximate surface area is 109 Å². The molecule has 0 unspecified atom stereocenters. The van der Waals surface area contributed by atoms with E-state index in [2.05, 4.69) is 15.4 Å². The molecule has 0 aliphatic heterocycles. The third-order valence-electron chi connectivity index (χ3n) is 2.49. The van der Waals surface area contributed by atoms with Crippen molar-refractivity contribution in [2.75, 3.05) is 5.32 Å². The van der Waals surface area contributed by atoms with Crippen LogP contribution in [0.25, 0.3) is 0 Å². The van der Waals surface area contributed by atoms with Crippen molar-refractivity contribution in [2.24, 2.45) is 10.9 Å². The molecule has 0 saturated carbocycles. The average molecular weight is 253 g/mol. The minimum atomic E-state index is -0.463. The number of H-pyrrole nitrogens is 1. The van der Waals surface area contributed by atoms with Gasteiger partial charge in [-0.2, -0.15) is 10.4 Å². The summed E-state index contributed by atoms with van der Waals surface area (Å²) in [6.07, 6.45) is 2.81. The van der Waals surface area contributed by atoms with Crippen LogP contribution < -0.4 is 16.7 Å². The predicted molar refractivity (Wildman–Crippen MR) is 73.3 cm³/mol. The molecule has 6 heteroatoms. The molecule has 0 atom stereocenters. The molecule has 0 bridgehead atoms. The maximum atomic E-state index is 11.6. The summed E-state index contributed by atoms with van der Waals surface area (Å²) in [4.78, 5) is 14.1. The molecule has 0 saturated heterocycles. The quantitative estimate of drug-likeness (QED) is 0.435. The number of anilines is 2. The first kappa shape index (κ1) is 12.4. The molecule has 1 aromatic carbocycles. The largest absolute Gasteiger partial charge is 0.354 e. The van der Waals surface area contributed by atoms with Crippen LogP contribution in [0.4, 0.5) is 11.4 Å². The molecular weight excluding hydrogens is 242 g/mol. The van der Waals surface area contributed by atoms with E-state index < -0.39 is 5.56 Å². The monoisotopic (exact) mass is 253 g/mol. The zero-order valence-electron chi connectivity index (χ0n) is 9.92. The number of nitriles is 1. The number of benzene rings is 1. The maximum absolute atomic E-state index is 11.6. The Kier molecular flexibility index (Phi) is 3.59. The zero-order valence-corrected chi connectivity index (χ0v) is 9.92. The van der Waals surface area contributed by atoms with Gasteiger partial charge in [-0.05, 0) is 12.1 Å². The van der Waals surface area contributed by atoms with Crippen LogP contribution in [0, 0.1) is 11.3 Å². The van der Waals surface area contributed by atoms with E-state index in [-0.39, 0.29) is 5.56 Å². The Hall–Kier alpha value is -3.07. The molecule has 94 valence electrons. The van der Waals surface area contributed by atoms with E-state index in [0.717, 1.165) is 5.69 Å². The summed E-state index contributed by atoms with van der Waals surface area (Å²) in [5.41, 5.74) is 1.20. The molecule has 19 heavy (non-hydrogen) atoms. The molecule has 0 spiro atoms. The van der Waals surface area contributed by atoms with Crippen LogP contribution >= 0.6 is 0 Å². The molecule has 0 amide bonds. The Morgan fingerprint density at radius 1 is 1.37 bits per heavy atom. The number of hydrazone groups is 1. The summed E-state index contributed by atoms with van der Waals surface area (Å²) in [6.45, 7) is 0. The summed E-state index contributed by atoms with van der Waals surface area (Å²) in [5.74, 6) is 5.12. The number of hydrogen-bond donors (Lipinski definition) is 3. The molecule has 1 heterocycles. The van der Waals surface area contributed by atoms with Crippen molar-refractivity contribution in [3.8, 4) is 6.07 Å². The van der Waals surface area contributed by atoms with Crippen molar-refractivity contribution in [1.29, 1.82) is 5.26 Å². The van der Waals surface area contributed by atoms with Gasteiger partial charge in [0.05, 0.1) is 11.9 Å². The highest BCUT2D eigenvalue weighted by molar-refractivity contribution is 5.90. The van der Waals surface area contributed by atoms with Gasteiger partial charge in [-0.25, -0.2) is 0 Å². The first-order valence-electron chi connectivity index (χ1n) is 5.47. The van der Waals surface area contributed by atoms with E-state index in [1.165, 1.54) is 12.4 Å². The highest BCUT2D eigenvalue weighted by atomic mass is 16.1. The van der Waals surface area contributed by atoms with Gasteiger partial charge in [-0.15, -0.1) is 0 Å². The molecule has 2 rings (SSSR count). The third-order valence-corrected chi connectivity index (χ3v) is 2.49. The summed E-state index contributed by atoms with van der Waals surface area (Å²) >= 11 is 0. The molecule has 2 aromatic rings. The van der Waals surface area contributed by atoms with Crippen molar-refractivity contribution in [3.05, 3.63) is 58.0 Å². The van der Waals surface area contributed by atoms with Gasteiger partial charge in [-0.3, -0.25) is 4.79 Å². The number of nitrogens with two attached hydrogens (primary N) is 1. The average Bonchev–Trinajstić information content (AvgIpc) is 2.43. The lowest BCUT2D eigenvalue weighted by Gasteiger charge is -2.10. The number of hydrogen-bond acceptors (Lipinski definition) is 5. The van der Waals surface area contributed by atoms with Crippen LogP contribution in [0.1, 0.15) is 11.1 Å². The summed E-state index contributed by atoms with van der Waals surface area (Å²) in [7, 11) is 0. The van der Waals surface area contributed by atoms with E-state index in [1.54, 1.807) is 0 Å². The van der Waals surface area contributed by atoms with E-state index >= 15 is 0 Å². The van der Waals surface area contributed by atoms with Crippen LogP contribution in [-0.4, -0.2) is 11.2 Å². The fourth-order valence-corrected chi connectivity index (χ4v) is 1.63. The summed E-state index contributed by atoms with van der Waals surface area (Å²) < 4.78 is 0.